The first-order valence-corrected chi connectivity index (χ1v) is 10.3. The lowest BCUT2D eigenvalue weighted by atomic mass is 10.1. The monoisotopic (exact) mass is 406 g/mol. The van der Waals surface area contributed by atoms with Crippen molar-refractivity contribution in [2.45, 2.75) is 32.6 Å². The average Bonchev–Trinajstić information content (AvgIpc) is 2.88. The quantitative estimate of drug-likeness (QED) is 0.521. The van der Waals surface area contributed by atoms with Gasteiger partial charge < -0.3 is 9.30 Å². The molecule has 0 radical (unpaired) electrons. The van der Waals surface area contributed by atoms with Crippen molar-refractivity contribution < 1.29 is 22.7 Å². The molecule has 1 heterocycles. The van der Waals surface area contributed by atoms with E-state index in [4.69, 9.17) is 4.74 Å². The normalized spacial score (nSPS) is 11.7. The Morgan fingerprint density at radius 2 is 1.68 bits per heavy atom. The molecule has 2 rings (SSSR count). The van der Waals surface area contributed by atoms with E-state index in [0.29, 0.717) is 16.8 Å². The molecule has 152 valence electrons. The third kappa shape index (κ3) is 3.88. The molecule has 2 aromatic rings. The van der Waals surface area contributed by atoms with Gasteiger partial charge in [0.05, 0.1) is 18.6 Å². The Morgan fingerprint density at radius 3 is 2.18 bits per heavy atom. The molecule has 1 aromatic heterocycles. The van der Waals surface area contributed by atoms with Crippen molar-refractivity contribution in [1.82, 2.24) is 8.87 Å². The molecule has 7 nitrogen and oxygen atoms in total. The van der Waals surface area contributed by atoms with Crippen LogP contribution in [0.25, 0.3) is 0 Å². The van der Waals surface area contributed by atoms with Crippen molar-refractivity contribution in [2.24, 2.45) is 7.05 Å². The van der Waals surface area contributed by atoms with Crippen LogP contribution in [-0.2, 0) is 21.8 Å². The van der Waals surface area contributed by atoms with Crippen LogP contribution in [0.4, 0.5) is 0 Å². The predicted molar refractivity (Wildman–Crippen MR) is 106 cm³/mol. The number of hydrogen-bond donors (Lipinski definition) is 0. The number of sulfonamides is 1. The van der Waals surface area contributed by atoms with Gasteiger partial charge in [0.25, 0.3) is 0 Å². The fourth-order valence-corrected chi connectivity index (χ4v) is 4.64. The number of benzene rings is 1. The summed E-state index contributed by atoms with van der Waals surface area (Å²) < 4.78 is 33.4. The Balaban J connectivity index is 2.40. The number of nitrogens with zero attached hydrogens (tertiary/aromatic N) is 2. The summed E-state index contributed by atoms with van der Waals surface area (Å²) in [5.74, 6) is -0.903. The van der Waals surface area contributed by atoms with Gasteiger partial charge in [0.2, 0.25) is 10.0 Å². The summed E-state index contributed by atoms with van der Waals surface area (Å²) in [6.45, 7) is 6.78. The first kappa shape index (κ1) is 21.8. The maximum absolute atomic E-state index is 13.0. The van der Waals surface area contributed by atoms with E-state index < -0.39 is 16.0 Å². The largest absolute Gasteiger partial charge is 0.464 e. The molecule has 0 spiro atoms. The molecular formula is C20H26N2O5S. The van der Waals surface area contributed by atoms with Crippen molar-refractivity contribution in [3.05, 3.63) is 52.3 Å². The zero-order valence-electron chi connectivity index (χ0n) is 17.1. The predicted octanol–water partition coefficient (Wildman–Crippen LogP) is 2.63. The van der Waals surface area contributed by atoms with Crippen LogP contribution in [0.15, 0.2) is 29.2 Å². The molecule has 0 aliphatic rings. The van der Waals surface area contributed by atoms with Crippen LogP contribution in [0.3, 0.4) is 0 Å². The zero-order valence-corrected chi connectivity index (χ0v) is 17.9. The Morgan fingerprint density at radius 1 is 1.11 bits per heavy atom. The van der Waals surface area contributed by atoms with Crippen LogP contribution in [0, 0.1) is 20.8 Å². The molecule has 0 saturated heterocycles. The van der Waals surface area contributed by atoms with E-state index in [1.54, 1.807) is 44.5 Å². The average molecular weight is 407 g/mol. The van der Waals surface area contributed by atoms with Crippen LogP contribution in [-0.4, -0.2) is 49.2 Å². The van der Waals surface area contributed by atoms with Crippen molar-refractivity contribution in [2.75, 3.05) is 20.2 Å². The van der Waals surface area contributed by atoms with Gasteiger partial charge in [-0.2, -0.15) is 4.31 Å². The van der Waals surface area contributed by atoms with Crippen molar-refractivity contribution in [3.63, 3.8) is 0 Å². The summed E-state index contributed by atoms with van der Waals surface area (Å²) in [4.78, 5) is 25.2. The maximum atomic E-state index is 13.0. The Bertz CT molecular complexity index is 1000. The van der Waals surface area contributed by atoms with Crippen LogP contribution in [0.5, 0.6) is 0 Å². The number of esters is 1. The summed E-state index contributed by atoms with van der Waals surface area (Å²) in [5.41, 5.74) is 2.66. The van der Waals surface area contributed by atoms with Crippen LogP contribution < -0.4 is 0 Å². The number of ketones is 1. The SMILES string of the molecule is CCN(CC(=O)c1c(C)c(C(=O)OC)n(C)c1C)S(=O)(=O)c1ccc(C)cc1. The van der Waals surface area contributed by atoms with E-state index in [0.717, 1.165) is 9.87 Å². The van der Waals surface area contributed by atoms with E-state index in [1.165, 1.54) is 19.2 Å². The van der Waals surface area contributed by atoms with Gasteiger partial charge in [-0.1, -0.05) is 24.6 Å². The summed E-state index contributed by atoms with van der Waals surface area (Å²) in [6.07, 6.45) is 0. The molecule has 0 amide bonds. The second-order valence-corrected chi connectivity index (χ2v) is 8.59. The van der Waals surface area contributed by atoms with Gasteiger partial charge in [0.1, 0.15) is 5.69 Å². The van der Waals surface area contributed by atoms with E-state index in [-0.39, 0.29) is 29.5 Å². The number of likely N-dealkylation sites (N-methyl/N-ethyl adjacent to an activating group) is 1. The number of rotatable bonds is 7. The molecule has 0 aliphatic carbocycles. The lowest BCUT2D eigenvalue weighted by molar-refractivity contribution is 0.0588. The number of aryl methyl sites for hydroxylation is 1. The van der Waals surface area contributed by atoms with Crippen LogP contribution >= 0.6 is 0 Å². The molecule has 0 atom stereocenters. The highest BCUT2D eigenvalue weighted by atomic mass is 32.2. The summed E-state index contributed by atoms with van der Waals surface area (Å²) >= 11 is 0. The number of Topliss-reactive ketones (excluding diaryl/α,β-unsaturated/α-hetero) is 1. The molecular weight excluding hydrogens is 380 g/mol. The van der Waals surface area contributed by atoms with E-state index in [1.807, 2.05) is 6.92 Å². The molecule has 0 unspecified atom stereocenters. The van der Waals surface area contributed by atoms with Crippen molar-refractivity contribution in [3.8, 4) is 0 Å². The minimum atomic E-state index is -3.81. The molecule has 8 heteroatoms. The molecule has 0 fully saturated rings. The summed E-state index contributed by atoms with van der Waals surface area (Å²) in [7, 11) is -0.858. The first-order valence-electron chi connectivity index (χ1n) is 8.90. The highest BCUT2D eigenvalue weighted by Crippen LogP contribution is 2.24. The first-order chi connectivity index (χ1) is 13.1. The van der Waals surface area contributed by atoms with Gasteiger partial charge in [-0.3, -0.25) is 4.79 Å². The second-order valence-electron chi connectivity index (χ2n) is 6.65. The molecule has 0 aliphatic heterocycles. The van der Waals surface area contributed by atoms with Gasteiger partial charge in [-0.15, -0.1) is 0 Å². The van der Waals surface area contributed by atoms with Gasteiger partial charge in [0.15, 0.2) is 5.78 Å². The molecule has 0 saturated carbocycles. The third-order valence-corrected chi connectivity index (χ3v) is 6.85. The van der Waals surface area contributed by atoms with Gasteiger partial charge in [-0.25, -0.2) is 13.2 Å². The Labute approximate surface area is 166 Å². The molecule has 0 bridgehead atoms. The van der Waals surface area contributed by atoms with E-state index in [9.17, 15) is 18.0 Å². The lowest BCUT2D eigenvalue weighted by Crippen LogP contribution is -2.35. The Hall–Kier alpha value is -2.45. The number of hydrogen-bond acceptors (Lipinski definition) is 5. The van der Waals surface area contributed by atoms with Crippen LogP contribution in [0.2, 0.25) is 0 Å². The smallest absolute Gasteiger partial charge is 0.354 e. The topological polar surface area (TPSA) is 85.7 Å². The van der Waals surface area contributed by atoms with Crippen molar-refractivity contribution >= 4 is 21.8 Å². The second kappa shape index (κ2) is 8.28. The number of aromatic nitrogens is 1. The lowest BCUT2D eigenvalue weighted by Gasteiger charge is -2.20. The fraction of sp³-hybridized carbons (Fsp3) is 0.400. The summed E-state index contributed by atoms with van der Waals surface area (Å²) in [6, 6.07) is 6.51. The number of carbonyl (C=O) groups is 2. The molecule has 1 aromatic carbocycles. The van der Waals surface area contributed by atoms with Crippen LogP contribution in [0.1, 0.15) is 44.6 Å². The zero-order chi connectivity index (χ0) is 21.2. The minimum absolute atomic E-state index is 0.143. The highest BCUT2D eigenvalue weighted by molar-refractivity contribution is 7.89. The van der Waals surface area contributed by atoms with Crippen molar-refractivity contribution in [1.29, 1.82) is 0 Å². The maximum Gasteiger partial charge on any atom is 0.354 e. The van der Waals surface area contributed by atoms with E-state index >= 15 is 0 Å². The molecule has 0 N–H and O–H groups in total. The third-order valence-electron chi connectivity index (χ3n) is 4.92. The number of methoxy groups -OCH3 is 1. The standard InChI is InChI=1S/C20H26N2O5S/c1-7-22(28(25,26)16-10-8-13(2)9-11-16)12-17(23)18-14(3)19(20(24)27-6)21(5)15(18)4/h8-11H,7,12H2,1-6H3. The number of ether oxygens (including phenoxy) is 1. The van der Waals surface area contributed by atoms with E-state index in [2.05, 4.69) is 0 Å². The highest BCUT2D eigenvalue weighted by Gasteiger charge is 2.30. The van der Waals surface area contributed by atoms with Gasteiger partial charge in [-0.05, 0) is 38.5 Å². The van der Waals surface area contributed by atoms with Gasteiger partial charge >= 0.3 is 5.97 Å². The molecule has 28 heavy (non-hydrogen) atoms. The number of carbonyl (C=O) groups excluding carboxylic acids is 2. The minimum Gasteiger partial charge on any atom is -0.464 e. The summed E-state index contributed by atoms with van der Waals surface area (Å²) in [5, 5.41) is 0. The fourth-order valence-electron chi connectivity index (χ4n) is 3.24. The Kier molecular flexibility index (Phi) is 6.46. The van der Waals surface area contributed by atoms with Gasteiger partial charge in [0, 0.05) is 24.8 Å².